The number of anilines is 3. The highest BCUT2D eigenvalue weighted by atomic mass is 16.3. The van der Waals surface area contributed by atoms with Crippen LogP contribution in [0.5, 0.6) is 0 Å². The zero-order valence-electron chi connectivity index (χ0n) is 18.9. The van der Waals surface area contributed by atoms with Crippen molar-refractivity contribution in [3.63, 3.8) is 0 Å². The summed E-state index contributed by atoms with van der Waals surface area (Å²) in [6.07, 6.45) is 7.04. The van der Waals surface area contributed by atoms with Gasteiger partial charge in [-0.3, -0.25) is 0 Å². The van der Waals surface area contributed by atoms with Crippen molar-refractivity contribution in [3.05, 3.63) is 127 Å². The topological polar surface area (TPSA) is 19.6 Å². The first kappa shape index (κ1) is 19.2. The molecule has 2 heterocycles. The first-order valence-electron chi connectivity index (χ1n) is 11.8. The Morgan fingerprint density at radius 2 is 1.53 bits per heavy atom. The molecule has 1 aromatic heterocycles. The van der Waals surface area contributed by atoms with Crippen LogP contribution in [0.3, 0.4) is 0 Å². The lowest BCUT2D eigenvalue weighted by atomic mass is 9.90. The summed E-state index contributed by atoms with van der Waals surface area (Å²) < 4.78 is 6.03. The Balaban J connectivity index is 1.28. The summed E-state index contributed by atoms with van der Waals surface area (Å²) >= 11 is 0. The molecule has 3 nitrogen and oxygen atoms in total. The minimum atomic E-state index is 0.275. The lowest BCUT2D eigenvalue weighted by molar-refractivity contribution is 0.669. The molecule has 3 heteroatoms. The molecular weight excluding hydrogens is 416 g/mol. The van der Waals surface area contributed by atoms with E-state index in [2.05, 4.69) is 120 Å². The summed E-state index contributed by atoms with van der Waals surface area (Å²) in [5.74, 6) is 0.303. The second-order valence-corrected chi connectivity index (χ2v) is 9.07. The van der Waals surface area contributed by atoms with Gasteiger partial charge in [0.15, 0.2) is 0 Å². The number of hydrogen-bond acceptors (Lipinski definition) is 3. The zero-order chi connectivity index (χ0) is 22.6. The predicted octanol–water partition coefficient (Wildman–Crippen LogP) is 7.78. The van der Waals surface area contributed by atoms with E-state index < -0.39 is 0 Å². The van der Waals surface area contributed by atoms with Gasteiger partial charge in [-0.05, 0) is 54.1 Å². The molecule has 0 saturated carbocycles. The van der Waals surface area contributed by atoms with Gasteiger partial charge in [0.2, 0.25) is 0 Å². The van der Waals surface area contributed by atoms with E-state index in [1.165, 1.54) is 22.6 Å². The van der Waals surface area contributed by atoms with Crippen molar-refractivity contribution in [3.8, 4) is 0 Å². The number of hydrogen-bond donors (Lipinski definition) is 0. The summed E-state index contributed by atoms with van der Waals surface area (Å²) in [6, 6.07) is 34.5. The average Bonchev–Trinajstić information content (AvgIpc) is 3.43. The molecule has 1 aliphatic heterocycles. The summed E-state index contributed by atoms with van der Waals surface area (Å²) in [5, 5.41) is 2.31. The van der Waals surface area contributed by atoms with Crippen LogP contribution in [-0.2, 0) is 0 Å². The maximum atomic E-state index is 6.03. The maximum absolute atomic E-state index is 6.03. The molecule has 0 radical (unpaired) electrons. The third-order valence-electron chi connectivity index (χ3n) is 7.21. The normalized spacial score (nSPS) is 18.7. The highest BCUT2D eigenvalue weighted by molar-refractivity contribution is 6.06. The van der Waals surface area contributed by atoms with E-state index in [0.29, 0.717) is 5.92 Å². The lowest BCUT2D eigenvalue weighted by Crippen LogP contribution is -2.30. The van der Waals surface area contributed by atoms with Crippen LogP contribution in [-0.4, -0.2) is 13.1 Å². The van der Waals surface area contributed by atoms with Crippen molar-refractivity contribution in [1.29, 1.82) is 0 Å². The third-order valence-corrected chi connectivity index (χ3v) is 7.21. The molecule has 2 aliphatic rings. The molecule has 0 N–H and O–H groups in total. The van der Waals surface area contributed by atoms with Gasteiger partial charge in [-0.1, -0.05) is 66.7 Å². The number of allylic oxidation sites excluding steroid dienone is 1. The van der Waals surface area contributed by atoms with Crippen molar-refractivity contribution in [2.75, 3.05) is 16.8 Å². The number of rotatable bonds is 3. The van der Waals surface area contributed by atoms with E-state index in [1.807, 2.05) is 12.1 Å². The number of fused-ring (bicyclic) bond motifs is 6. The summed E-state index contributed by atoms with van der Waals surface area (Å²) in [6.45, 7) is 0. The molecule has 4 aromatic carbocycles. The van der Waals surface area contributed by atoms with Crippen LogP contribution in [0.25, 0.3) is 21.9 Å². The highest BCUT2D eigenvalue weighted by Gasteiger charge is 2.38. The van der Waals surface area contributed by atoms with E-state index in [-0.39, 0.29) is 6.04 Å². The van der Waals surface area contributed by atoms with Crippen LogP contribution in [0.1, 0.15) is 11.5 Å². The van der Waals surface area contributed by atoms with Crippen LogP contribution in [0, 0.1) is 0 Å². The Kier molecular flexibility index (Phi) is 4.18. The molecule has 2 atom stereocenters. The minimum absolute atomic E-state index is 0.275. The Morgan fingerprint density at radius 3 is 2.44 bits per heavy atom. The van der Waals surface area contributed by atoms with Gasteiger partial charge in [-0.2, -0.15) is 0 Å². The van der Waals surface area contributed by atoms with Crippen LogP contribution in [0.2, 0.25) is 0 Å². The molecule has 5 aromatic rings. The molecule has 7 rings (SSSR count). The number of benzene rings is 4. The van der Waals surface area contributed by atoms with E-state index >= 15 is 0 Å². The van der Waals surface area contributed by atoms with Crippen molar-refractivity contribution in [1.82, 2.24) is 0 Å². The van der Waals surface area contributed by atoms with Crippen molar-refractivity contribution in [2.45, 2.75) is 12.0 Å². The van der Waals surface area contributed by atoms with Gasteiger partial charge in [0, 0.05) is 46.5 Å². The third kappa shape index (κ3) is 2.83. The molecule has 0 amide bonds. The number of likely N-dealkylation sites (N-methyl/N-ethyl adjacent to an activating group) is 1. The largest absolute Gasteiger partial charge is 0.456 e. The minimum Gasteiger partial charge on any atom is -0.456 e. The Morgan fingerprint density at radius 1 is 0.765 bits per heavy atom. The van der Waals surface area contributed by atoms with Crippen LogP contribution in [0.4, 0.5) is 17.1 Å². The van der Waals surface area contributed by atoms with Gasteiger partial charge >= 0.3 is 0 Å². The second-order valence-electron chi connectivity index (χ2n) is 9.07. The van der Waals surface area contributed by atoms with Gasteiger partial charge in [0.05, 0.1) is 6.04 Å². The SMILES string of the molecule is CN(C1=CC2c3ccccc3N(c3ccccc3)C2C=C1)c1ccc2oc3ccccc3c2c1. The van der Waals surface area contributed by atoms with Crippen LogP contribution >= 0.6 is 0 Å². The van der Waals surface area contributed by atoms with E-state index in [1.54, 1.807) is 0 Å². The fourth-order valence-corrected chi connectivity index (χ4v) is 5.52. The number of para-hydroxylation sites is 3. The summed E-state index contributed by atoms with van der Waals surface area (Å²) in [5.41, 5.74) is 8.12. The van der Waals surface area contributed by atoms with E-state index in [0.717, 1.165) is 27.6 Å². The van der Waals surface area contributed by atoms with Gasteiger partial charge in [-0.25, -0.2) is 0 Å². The number of nitrogens with zero attached hydrogens (tertiary/aromatic N) is 2. The molecule has 2 unspecified atom stereocenters. The van der Waals surface area contributed by atoms with E-state index in [4.69, 9.17) is 4.42 Å². The fourth-order valence-electron chi connectivity index (χ4n) is 5.52. The van der Waals surface area contributed by atoms with Crippen LogP contribution < -0.4 is 9.80 Å². The highest BCUT2D eigenvalue weighted by Crippen LogP contribution is 2.48. The van der Waals surface area contributed by atoms with E-state index in [9.17, 15) is 0 Å². The van der Waals surface area contributed by atoms with Gasteiger partial charge < -0.3 is 14.2 Å². The standard InChI is InChI=1S/C31H24N2O/c1-32(23-16-18-31-27(20-23)25-12-6-8-14-30(25)34-31)22-15-17-29-26(19-22)24-11-5-7-13-28(24)33(29)21-9-3-2-4-10-21/h2-20,26,29H,1H3. The van der Waals surface area contributed by atoms with Gasteiger partial charge in [-0.15, -0.1) is 0 Å². The first-order chi connectivity index (χ1) is 16.8. The quantitative estimate of drug-likeness (QED) is 0.286. The lowest BCUT2D eigenvalue weighted by Gasteiger charge is -2.31. The molecule has 1 aliphatic carbocycles. The molecule has 164 valence electrons. The molecule has 0 saturated heterocycles. The predicted molar refractivity (Wildman–Crippen MR) is 141 cm³/mol. The zero-order valence-corrected chi connectivity index (χ0v) is 18.9. The smallest absolute Gasteiger partial charge is 0.135 e. The Labute approximate surface area is 198 Å². The number of furan rings is 1. The molecule has 0 spiro atoms. The molecule has 34 heavy (non-hydrogen) atoms. The van der Waals surface area contributed by atoms with Gasteiger partial charge in [0.1, 0.15) is 11.2 Å². The monoisotopic (exact) mass is 440 g/mol. The van der Waals surface area contributed by atoms with Gasteiger partial charge in [0.25, 0.3) is 0 Å². The Hall–Kier alpha value is -4.24. The van der Waals surface area contributed by atoms with Crippen molar-refractivity contribution in [2.24, 2.45) is 0 Å². The summed E-state index contributed by atoms with van der Waals surface area (Å²) in [7, 11) is 2.15. The van der Waals surface area contributed by atoms with Crippen molar-refractivity contribution < 1.29 is 4.42 Å². The first-order valence-corrected chi connectivity index (χ1v) is 11.8. The van der Waals surface area contributed by atoms with Crippen LogP contribution in [0.15, 0.2) is 125 Å². The maximum Gasteiger partial charge on any atom is 0.135 e. The summed E-state index contributed by atoms with van der Waals surface area (Å²) in [4.78, 5) is 4.75. The average molecular weight is 441 g/mol. The fraction of sp³-hybridized carbons (Fsp3) is 0.0968. The molecule has 0 bridgehead atoms. The molecular formula is C31H24N2O. The Bertz CT molecular complexity index is 1590. The van der Waals surface area contributed by atoms with Crippen molar-refractivity contribution >= 4 is 39.0 Å². The molecule has 0 fully saturated rings. The second kappa shape index (κ2) is 7.39.